The smallest absolute Gasteiger partial charge is 0.338 e. The Morgan fingerprint density at radius 2 is 1.80 bits per heavy atom. The van der Waals surface area contributed by atoms with Crippen molar-refractivity contribution in [3.05, 3.63) is 119 Å². The van der Waals surface area contributed by atoms with Crippen molar-refractivity contribution < 1.29 is 19.1 Å². The van der Waals surface area contributed by atoms with Gasteiger partial charge in [0.2, 0.25) is 0 Å². The Morgan fingerprint density at radius 1 is 1.07 bits per heavy atom. The molecule has 8 nitrogen and oxygen atoms in total. The van der Waals surface area contributed by atoms with Gasteiger partial charge in [-0.05, 0) is 81.3 Å². The maximum atomic E-state index is 14.0. The molecule has 0 spiro atoms. The van der Waals surface area contributed by atoms with Crippen LogP contribution in [0.4, 0.5) is 0 Å². The van der Waals surface area contributed by atoms with E-state index in [9.17, 15) is 14.4 Å². The summed E-state index contributed by atoms with van der Waals surface area (Å²) in [7, 11) is 1.35. The quantitative estimate of drug-likeness (QED) is 0.305. The fraction of sp³-hybridized carbons (Fsp3) is 0.226. The highest BCUT2D eigenvalue weighted by Crippen LogP contribution is 2.31. The fourth-order valence-electron chi connectivity index (χ4n) is 5.11. The van der Waals surface area contributed by atoms with E-state index in [2.05, 4.69) is 4.99 Å². The lowest BCUT2D eigenvalue weighted by Crippen LogP contribution is -2.39. The Balaban J connectivity index is 1.66. The second kappa shape index (κ2) is 11.3. The lowest BCUT2D eigenvalue weighted by molar-refractivity contribution is -0.139. The molecule has 2 aromatic carbocycles. The summed E-state index contributed by atoms with van der Waals surface area (Å²) in [5.41, 5.74) is 5.21. The second-order valence-corrected chi connectivity index (χ2v) is 11.0. The van der Waals surface area contributed by atoms with Gasteiger partial charge < -0.3 is 14.0 Å². The van der Waals surface area contributed by atoms with Gasteiger partial charge >= 0.3 is 11.9 Å². The molecule has 0 amide bonds. The third kappa shape index (κ3) is 5.18. The SMILES string of the molecule is CCOC(=O)C1=C(C)N=c2s/c(=C/c3cc(C)n(-c4cccc(C(=O)OC)c4)c3C)c(=O)n2[C@H]1c1ccc(Cl)cc1. The van der Waals surface area contributed by atoms with Gasteiger partial charge in [-0.1, -0.05) is 41.1 Å². The van der Waals surface area contributed by atoms with Gasteiger partial charge in [-0.2, -0.15) is 0 Å². The number of carbonyl (C=O) groups excluding carboxylic acids is 2. The minimum atomic E-state index is -0.710. The summed E-state index contributed by atoms with van der Waals surface area (Å²) in [5.74, 6) is -0.927. The summed E-state index contributed by atoms with van der Waals surface area (Å²) in [5, 5.41) is 0.548. The van der Waals surface area contributed by atoms with Crippen LogP contribution in [0.1, 0.15) is 52.8 Å². The molecule has 0 fully saturated rings. The van der Waals surface area contributed by atoms with Crippen molar-refractivity contribution in [2.75, 3.05) is 13.7 Å². The van der Waals surface area contributed by atoms with E-state index in [0.717, 1.165) is 28.2 Å². The van der Waals surface area contributed by atoms with Crippen LogP contribution in [-0.4, -0.2) is 34.8 Å². The predicted octanol–water partition coefficient (Wildman–Crippen LogP) is 4.65. The van der Waals surface area contributed by atoms with Gasteiger partial charge in [0, 0.05) is 22.1 Å². The molecule has 1 aliphatic rings. The molecule has 41 heavy (non-hydrogen) atoms. The topological polar surface area (TPSA) is 91.9 Å². The van der Waals surface area contributed by atoms with Crippen LogP contribution in [0.25, 0.3) is 11.8 Å². The number of nitrogens with zero attached hydrogens (tertiary/aromatic N) is 3. The normalized spacial score (nSPS) is 15.0. The number of hydrogen-bond acceptors (Lipinski definition) is 7. The van der Waals surface area contributed by atoms with E-state index in [0.29, 0.717) is 31.2 Å². The molecule has 10 heteroatoms. The van der Waals surface area contributed by atoms with Crippen molar-refractivity contribution in [1.82, 2.24) is 9.13 Å². The molecular formula is C31H28ClN3O5S. The van der Waals surface area contributed by atoms with Crippen molar-refractivity contribution in [2.45, 2.75) is 33.7 Å². The molecule has 0 unspecified atom stereocenters. The third-order valence-electron chi connectivity index (χ3n) is 6.99. The molecule has 0 N–H and O–H groups in total. The van der Waals surface area contributed by atoms with Crippen LogP contribution in [0.5, 0.6) is 0 Å². The van der Waals surface area contributed by atoms with Gasteiger partial charge in [0.05, 0.1) is 41.1 Å². The fourth-order valence-corrected chi connectivity index (χ4v) is 6.28. The van der Waals surface area contributed by atoms with Crippen molar-refractivity contribution in [1.29, 1.82) is 0 Å². The zero-order valence-corrected chi connectivity index (χ0v) is 24.8. The van der Waals surface area contributed by atoms with Gasteiger partial charge in [0.15, 0.2) is 4.80 Å². The van der Waals surface area contributed by atoms with Crippen molar-refractivity contribution >= 4 is 41.0 Å². The average molecular weight is 590 g/mol. The van der Waals surface area contributed by atoms with Crippen LogP contribution in [0.2, 0.25) is 5.02 Å². The number of carbonyl (C=O) groups is 2. The van der Waals surface area contributed by atoms with Gasteiger partial charge in [0.25, 0.3) is 5.56 Å². The number of hydrogen-bond donors (Lipinski definition) is 0. The van der Waals surface area contributed by atoms with Crippen LogP contribution < -0.4 is 14.9 Å². The van der Waals surface area contributed by atoms with Crippen molar-refractivity contribution in [3.8, 4) is 5.69 Å². The molecule has 0 radical (unpaired) electrons. The molecule has 4 aromatic rings. The highest BCUT2D eigenvalue weighted by molar-refractivity contribution is 7.07. The molecule has 0 aliphatic carbocycles. The molecule has 0 saturated heterocycles. The number of methoxy groups -OCH3 is 1. The zero-order chi connectivity index (χ0) is 29.4. The summed E-state index contributed by atoms with van der Waals surface area (Å²) in [6, 6.07) is 15.5. The maximum Gasteiger partial charge on any atom is 0.338 e. The summed E-state index contributed by atoms with van der Waals surface area (Å²) >= 11 is 7.40. The molecule has 5 rings (SSSR count). The number of rotatable bonds is 6. The van der Waals surface area contributed by atoms with Crippen LogP contribution in [-0.2, 0) is 14.3 Å². The molecule has 210 valence electrons. The average Bonchev–Trinajstić information content (AvgIpc) is 3.41. The van der Waals surface area contributed by atoms with E-state index in [1.54, 1.807) is 60.9 Å². The predicted molar refractivity (Wildman–Crippen MR) is 158 cm³/mol. The number of fused-ring (bicyclic) bond motifs is 1. The number of thiazole rings is 1. The zero-order valence-electron chi connectivity index (χ0n) is 23.2. The Kier molecular flexibility index (Phi) is 7.84. The summed E-state index contributed by atoms with van der Waals surface area (Å²) in [4.78, 5) is 44.2. The lowest BCUT2D eigenvalue weighted by atomic mass is 9.96. The van der Waals surface area contributed by atoms with Crippen LogP contribution in [0, 0.1) is 13.8 Å². The van der Waals surface area contributed by atoms with E-state index in [-0.39, 0.29) is 12.2 Å². The number of benzene rings is 2. The Labute approximate surface area is 245 Å². The van der Waals surface area contributed by atoms with Crippen LogP contribution in [0.3, 0.4) is 0 Å². The van der Waals surface area contributed by atoms with Crippen molar-refractivity contribution in [2.24, 2.45) is 4.99 Å². The van der Waals surface area contributed by atoms with Gasteiger partial charge in [-0.25, -0.2) is 14.6 Å². The first kappa shape index (κ1) is 28.3. The third-order valence-corrected chi connectivity index (χ3v) is 8.22. The van der Waals surface area contributed by atoms with Crippen LogP contribution >= 0.6 is 22.9 Å². The largest absolute Gasteiger partial charge is 0.465 e. The van der Waals surface area contributed by atoms with Crippen molar-refractivity contribution in [3.63, 3.8) is 0 Å². The number of halogens is 1. The minimum Gasteiger partial charge on any atom is -0.465 e. The summed E-state index contributed by atoms with van der Waals surface area (Å²) in [6.07, 6.45) is 1.84. The Bertz CT molecular complexity index is 1900. The number of allylic oxidation sites excluding steroid dienone is 1. The maximum absolute atomic E-state index is 14.0. The molecule has 2 aromatic heterocycles. The molecule has 0 bridgehead atoms. The first-order chi connectivity index (χ1) is 19.6. The van der Waals surface area contributed by atoms with Gasteiger partial charge in [0.1, 0.15) is 0 Å². The number of ether oxygens (including phenoxy) is 2. The van der Waals surface area contributed by atoms with E-state index >= 15 is 0 Å². The first-order valence-corrected chi connectivity index (χ1v) is 14.2. The Hall–Kier alpha value is -4.21. The highest BCUT2D eigenvalue weighted by Gasteiger charge is 2.33. The standard InChI is InChI=1S/C31H28ClN3O5S/c1-6-40-30(38)26-18(3)33-31-35(27(26)20-10-12-23(32)13-11-20)28(36)25(41-31)16-22-14-17(2)34(19(22)4)24-9-7-8-21(15-24)29(37)39-5/h7-16,27H,6H2,1-5H3/b25-16+/t27-/m0/s1. The van der Waals surface area contributed by atoms with Gasteiger partial charge in [-0.3, -0.25) is 9.36 Å². The monoisotopic (exact) mass is 589 g/mol. The van der Waals surface area contributed by atoms with E-state index in [1.807, 2.05) is 36.6 Å². The van der Waals surface area contributed by atoms with E-state index < -0.39 is 18.0 Å². The van der Waals surface area contributed by atoms with E-state index in [1.165, 1.54) is 18.4 Å². The minimum absolute atomic E-state index is 0.200. The molecular weight excluding hydrogens is 562 g/mol. The second-order valence-electron chi connectivity index (χ2n) is 9.56. The number of esters is 2. The molecule has 3 heterocycles. The van der Waals surface area contributed by atoms with Gasteiger partial charge in [-0.15, -0.1) is 0 Å². The first-order valence-electron chi connectivity index (χ1n) is 13.0. The Morgan fingerprint density at radius 3 is 2.49 bits per heavy atom. The number of aryl methyl sites for hydroxylation is 1. The lowest BCUT2D eigenvalue weighted by Gasteiger charge is -2.24. The number of aromatic nitrogens is 2. The molecule has 1 atom stereocenters. The van der Waals surface area contributed by atoms with E-state index in [4.69, 9.17) is 21.1 Å². The molecule has 1 aliphatic heterocycles. The molecule has 0 saturated carbocycles. The summed E-state index contributed by atoms with van der Waals surface area (Å²) in [6.45, 7) is 7.61. The van der Waals surface area contributed by atoms with Crippen LogP contribution in [0.15, 0.2) is 75.7 Å². The highest BCUT2D eigenvalue weighted by atomic mass is 35.5. The summed E-state index contributed by atoms with van der Waals surface area (Å²) < 4.78 is 14.3.